The molecule has 0 bridgehead atoms. The molecule has 0 N–H and O–H groups in total. The van der Waals surface area contributed by atoms with Crippen molar-refractivity contribution in [3.8, 4) is 17.2 Å². The molecular formula is C17H16ClNO4. The lowest BCUT2D eigenvalue weighted by molar-refractivity contribution is 0.0784. The third-order valence-corrected chi connectivity index (χ3v) is 3.88. The summed E-state index contributed by atoms with van der Waals surface area (Å²) in [5.41, 5.74) is 1.48. The second-order valence-electron chi connectivity index (χ2n) is 5.20. The molecule has 0 unspecified atom stereocenters. The second-order valence-corrected chi connectivity index (χ2v) is 5.61. The molecule has 6 heteroatoms. The van der Waals surface area contributed by atoms with Gasteiger partial charge >= 0.3 is 0 Å². The van der Waals surface area contributed by atoms with Crippen LogP contribution in [0, 0.1) is 0 Å². The maximum absolute atomic E-state index is 12.6. The van der Waals surface area contributed by atoms with E-state index in [1.165, 1.54) is 0 Å². The van der Waals surface area contributed by atoms with Gasteiger partial charge < -0.3 is 19.1 Å². The summed E-state index contributed by atoms with van der Waals surface area (Å²) in [6.45, 7) is 0.600. The predicted octanol–water partition coefficient (Wildman–Crippen LogP) is 3.35. The van der Waals surface area contributed by atoms with Crippen LogP contribution < -0.4 is 14.2 Å². The number of carbonyl (C=O) groups excluding carboxylic acids is 1. The normalized spacial score (nSPS) is 12.1. The molecule has 3 rings (SSSR count). The number of methoxy groups -OCH3 is 1. The Morgan fingerprint density at radius 1 is 1.26 bits per heavy atom. The van der Waals surface area contributed by atoms with E-state index in [4.69, 9.17) is 25.8 Å². The first-order chi connectivity index (χ1) is 11.1. The zero-order chi connectivity index (χ0) is 16.4. The van der Waals surface area contributed by atoms with Gasteiger partial charge in [0, 0.05) is 19.2 Å². The van der Waals surface area contributed by atoms with Crippen LogP contribution in [0.4, 0.5) is 0 Å². The van der Waals surface area contributed by atoms with Gasteiger partial charge in [0.15, 0.2) is 11.5 Å². The number of rotatable bonds is 4. The Morgan fingerprint density at radius 3 is 2.70 bits per heavy atom. The van der Waals surface area contributed by atoms with Gasteiger partial charge in [-0.2, -0.15) is 0 Å². The van der Waals surface area contributed by atoms with Crippen LogP contribution >= 0.6 is 11.6 Å². The van der Waals surface area contributed by atoms with E-state index < -0.39 is 0 Å². The van der Waals surface area contributed by atoms with Crippen LogP contribution in [0.25, 0.3) is 0 Å². The Hall–Kier alpha value is -2.40. The lowest BCUT2D eigenvalue weighted by Crippen LogP contribution is -2.26. The Bertz CT molecular complexity index is 730. The lowest BCUT2D eigenvalue weighted by atomic mass is 10.1. The van der Waals surface area contributed by atoms with Gasteiger partial charge in [0.05, 0.1) is 12.1 Å². The van der Waals surface area contributed by atoms with Gasteiger partial charge in [-0.1, -0.05) is 23.7 Å². The molecule has 0 spiro atoms. The van der Waals surface area contributed by atoms with E-state index >= 15 is 0 Å². The molecule has 0 saturated carbocycles. The highest BCUT2D eigenvalue weighted by Crippen LogP contribution is 2.40. The molecule has 2 aromatic rings. The quantitative estimate of drug-likeness (QED) is 0.861. The Morgan fingerprint density at radius 2 is 2.00 bits per heavy atom. The first-order valence-electron chi connectivity index (χ1n) is 7.06. The van der Waals surface area contributed by atoms with E-state index in [0.29, 0.717) is 28.6 Å². The molecule has 1 aliphatic heterocycles. The molecule has 120 valence electrons. The lowest BCUT2D eigenvalue weighted by Gasteiger charge is -2.18. The minimum atomic E-state index is -0.138. The number of hydrogen-bond donors (Lipinski definition) is 0. The van der Waals surface area contributed by atoms with Gasteiger partial charge in [-0.25, -0.2) is 0 Å². The third-order valence-electron chi connectivity index (χ3n) is 3.60. The largest absolute Gasteiger partial charge is 0.497 e. The topological polar surface area (TPSA) is 48.0 Å². The summed E-state index contributed by atoms with van der Waals surface area (Å²) >= 11 is 6.13. The fourth-order valence-corrected chi connectivity index (χ4v) is 2.65. The highest BCUT2D eigenvalue weighted by atomic mass is 35.5. The van der Waals surface area contributed by atoms with Gasteiger partial charge in [-0.15, -0.1) is 0 Å². The SMILES string of the molecule is COc1ccc(CN(C)C(=O)c2cc(Cl)c3c(c2)OCO3)cc1. The van der Waals surface area contributed by atoms with Crippen LogP contribution in [-0.2, 0) is 6.54 Å². The first-order valence-corrected chi connectivity index (χ1v) is 7.44. The number of fused-ring (bicyclic) bond motifs is 1. The zero-order valence-corrected chi connectivity index (χ0v) is 13.6. The van der Waals surface area contributed by atoms with Crippen molar-refractivity contribution >= 4 is 17.5 Å². The smallest absolute Gasteiger partial charge is 0.254 e. The number of ether oxygens (including phenoxy) is 3. The summed E-state index contributed by atoms with van der Waals surface area (Å²) in [5.74, 6) is 1.63. The van der Waals surface area contributed by atoms with Crippen molar-refractivity contribution in [2.75, 3.05) is 21.0 Å². The average molecular weight is 334 g/mol. The molecule has 0 atom stereocenters. The molecule has 0 aromatic heterocycles. The van der Waals surface area contributed by atoms with Crippen molar-refractivity contribution in [1.29, 1.82) is 0 Å². The van der Waals surface area contributed by atoms with Crippen molar-refractivity contribution in [2.24, 2.45) is 0 Å². The molecular weight excluding hydrogens is 318 g/mol. The van der Waals surface area contributed by atoms with Gasteiger partial charge in [-0.3, -0.25) is 4.79 Å². The van der Waals surface area contributed by atoms with Gasteiger partial charge in [0.1, 0.15) is 5.75 Å². The summed E-state index contributed by atoms with van der Waals surface area (Å²) in [4.78, 5) is 14.2. The summed E-state index contributed by atoms with van der Waals surface area (Å²) in [6, 6.07) is 10.8. The molecule has 0 aliphatic carbocycles. The summed E-state index contributed by atoms with van der Waals surface area (Å²) in [6.07, 6.45) is 0. The van der Waals surface area contributed by atoms with E-state index in [1.54, 1.807) is 31.2 Å². The van der Waals surface area contributed by atoms with E-state index in [2.05, 4.69) is 0 Å². The minimum Gasteiger partial charge on any atom is -0.497 e. The molecule has 0 radical (unpaired) electrons. The van der Waals surface area contributed by atoms with Crippen LogP contribution in [0.3, 0.4) is 0 Å². The van der Waals surface area contributed by atoms with Gasteiger partial charge in [0.25, 0.3) is 5.91 Å². The molecule has 2 aromatic carbocycles. The standard InChI is InChI=1S/C17H16ClNO4/c1-19(9-11-3-5-13(21-2)6-4-11)17(20)12-7-14(18)16-15(8-12)22-10-23-16/h3-8H,9-10H2,1-2H3. The summed E-state index contributed by atoms with van der Waals surface area (Å²) in [7, 11) is 3.36. The van der Waals surface area contributed by atoms with E-state index in [-0.39, 0.29) is 12.7 Å². The predicted molar refractivity (Wildman–Crippen MR) is 86.4 cm³/mol. The fraction of sp³-hybridized carbons (Fsp3) is 0.235. The number of hydrogen-bond acceptors (Lipinski definition) is 4. The number of nitrogens with zero attached hydrogens (tertiary/aromatic N) is 1. The molecule has 1 amide bonds. The van der Waals surface area contributed by atoms with E-state index in [0.717, 1.165) is 11.3 Å². The Kier molecular flexibility index (Phi) is 4.30. The number of amides is 1. The molecule has 5 nitrogen and oxygen atoms in total. The minimum absolute atomic E-state index is 0.119. The van der Waals surface area contributed by atoms with Crippen molar-refractivity contribution in [2.45, 2.75) is 6.54 Å². The van der Waals surface area contributed by atoms with E-state index in [9.17, 15) is 4.79 Å². The Labute approximate surface area is 139 Å². The number of carbonyl (C=O) groups is 1. The van der Waals surface area contributed by atoms with Crippen molar-refractivity contribution in [3.05, 3.63) is 52.5 Å². The second kappa shape index (κ2) is 6.38. The highest BCUT2D eigenvalue weighted by Gasteiger charge is 2.22. The third kappa shape index (κ3) is 3.19. The van der Waals surface area contributed by atoms with Gasteiger partial charge in [-0.05, 0) is 29.8 Å². The molecule has 0 saturated heterocycles. The average Bonchev–Trinajstić information content (AvgIpc) is 3.04. The van der Waals surface area contributed by atoms with Crippen LogP contribution in [0.1, 0.15) is 15.9 Å². The van der Waals surface area contributed by atoms with Crippen molar-refractivity contribution in [3.63, 3.8) is 0 Å². The fourth-order valence-electron chi connectivity index (χ4n) is 2.39. The zero-order valence-electron chi connectivity index (χ0n) is 12.8. The molecule has 0 fully saturated rings. The summed E-state index contributed by atoms with van der Waals surface area (Å²) in [5, 5.41) is 0.376. The molecule has 1 heterocycles. The number of benzene rings is 2. The summed E-state index contributed by atoms with van der Waals surface area (Å²) < 4.78 is 15.7. The number of halogens is 1. The van der Waals surface area contributed by atoms with Crippen LogP contribution in [-0.4, -0.2) is 31.8 Å². The maximum atomic E-state index is 12.6. The Balaban J connectivity index is 1.75. The molecule has 23 heavy (non-hydrogen) atoms. The maximum Gasteiger partial charge on any atom is 0.254 e. The van der Waals surface area contributed by atoms with Crippen LogP contribution in [0.15, 0.2) is 36.4 Å². The van der Waals surface area contributed by atoms with Crippen molar-refractivity contribution in [1.82, 2.24) is 4.90 Å². The van der Waals surface area contributed by atoms with E-state index in [1.807, 2.05) is 24.3 Å². The first kappa shape index (κ1) is 15.5. The van der Waals surface area contributed by atoms with Crippen LogP contribution in [0.2, 0.25) is 5.02 Å². The molecule has 1 aliphatic rings. The van der Waals surface area contributed by atoms with Gasteiger partial charge in [0.2, 0.25) is 6.79 Å². The monoisotopic (exact) mass is 333 g/mol. The van der Waals surface area contributed by atoms with Crippen LogP contribution in [0.5, 0.6) is 17.2 Å². The highest BCUT2D eigenvalue weighted by molar-refractivity contribution is 6.32. The van der Waals surface area contributed by atoms with Crippen molar-refractivity contribution < 1.29 is 19.0 Å².